The molecule has 7 nitrogen and oxygen atoms in total. The van der Waals surface area contributed by atoms with Crippen LogP contribution < -0.4 is 5.32 Å². The summed E-state index contributed by atoms with van der Waals surface area (Å²) in [7, 11) is 0. The number of hydrogen-bond acceptors (Lipinski definition) is 6. The number of aliphatic hydroxyl groups is 2. The van der Waals surface area contributed by atoms with Gasteiger partial charge in [-0.3, -0.25) is 9.69 Å². The molecule has 0 spiro atoms. The summed E-state index contributed by atoms with van der Waals surface area (Å²) >= 11 is 0. The monoisotopic (exact) mass is 544 g/mol. The van der Waals surface area contributed by atoms with Gasteiger partial charge in [-0.2, -0.15) is 0 Å². The maximum atomic E-state index is 11.4. The van der Waals surface area contributed by atoms with Gasteiger partial charge in [0.05, 0.1) is 25.4 Å². The molecule has 0 aliphatic carbocycles. The first kappa shape index (κ1) is 28.5. The lowest BCUT2D eigenvalue weighted by Gasteiger charge is -2.43. The molecule has 1 amide bonds. The number of amides is 1. The minimum Gasteiger partial charge on any atom is -0.395 e. The molecule has 3 aromatic carbocycles. The topological polar surface area (TPSA) is 91.3 Å². The van der Waals surface area contributed by atoms with Crippen LogP contribution in [0.25, 0.3) is 11.1 Å². The summed E-state index contributed by atoms with van der Waals surface area (Å²) in [4.78, 5) is 13.7. The van der Waals surface area contributed by atoms with E-state index >= 15 is 0 Å². The van der Waals surface area contributed by atoms with Crippen LogP contribution in [-0.2, 0) is 27.4 Å². The standard InChI is InChI=1S/C33H40N2O5/c1-22-31(19-35-15-5-10-30(35)21-37)39-33(40-32(22)26-13-11-24(20-36)12-14-26)29-9-4-8-28(17-29)27-7-3-6-25(16-27)18-34-23(2)38/h3-4,6-9,11-14,16-17,22,30-33,36-37H,5,10,15,18-21H2,1-2H3,(H,34,38)/t22-,30-,31+,32+,33+/m0/s1. The van der Waals surface area contributed by atoms with Gasteiger partial charge in [0.15, 0.2) is 6.29 Å². The van der Waals surface area contributed by atoms with Gasteiger partial charge in [0.1, 0.15) is 0 Å². The zero-order valence-electron chi connectivity index (χ0n) is 23.3. The van der Waals surface area contributed by atoms with Gasteiger partial charge in [-0.25, -0.2) is 0 Å². The fourth-order valence-corrected chi connectivity index (χ4v) is 5.85. The van der Waals surface area contributed by atoms with Gasteiger partial charge in [-0.15, -0.1) is 0 Å². The molecule has 5 atom stereocenters. The Balaban J connectivity index is 1.42. The molecule has 2 aliphatic rings. The molecular weight excluding hydrogens is 504 g/mol. The van der Waals surface area contributed by atoms with Crippen LogP contribution in [0.2, 0.25) is 0 Å². The van der Waals surface area contributed by atoms with E-state index in [4.69, 9.17) is 9.47 Å². The molecule has 2 saturated heterocycles. The average Bonchev–Trinajstić information content (AvgIpc) is 3.44. The van der Waals surface area contributed by atoms with E-state index < -0.39 is 6.29 Å². The van der Waals surface area contributed by atoms with Crippen molar-refractivity contribution in [2.75, 3.05) is 19.7 Å². The molecule has 0 saturated carbocycles. The third kappa shape index (κ3) is 6.62. The predicted octanol–water partition coefficient (Wildman–Crippen LogP) is 4.73. The van der Waals surface area contributed by atoms with Crippen molar-refractivity contribution in [3.05, 3.63) is 95.1 Å². The van der Waals surface area contributed by atoms with Crippen molar-refractivity contribution >= 4 is 5.91 Å². The first-order valence-electron chi connectivity index (χ1n) is 14.2. The first-order valence-corrected chi connectivity index (χ1v) is 14.2. The molecule has 7 heteroatoms. The highest BCUT2D eigenvalue weighted by Gasteiger charge is 2.40. The lowest BCUT2D eigenvalue weighted by atomic mass is 9.89. The summed E-state index contributed by atoms with van der Waals surface area (Å²) in [5, 5.41) is 22.3. The minimum atomic E-state index is -0.554. The second-order valence-electron chi connectivity index (χ2n) is 11.0. The summed E-state index contributed by atoms with van der Waals surface area (Å²) in [6.07, 6.45) is 1.27. The number of rotatable bonds is 9. The van der Waals surface area contributed by atoms with Gasteiger partial charge in [0.2, 0.25) is 5.91 Å². The van der Waals surface area contributed by atoms with Crippen molar-refractivity contribution in [3.63, 3.8) is 0 Å². The SMILES string of the molecule is CC(=O)NCc1cccc(-c2cccc([C@@H]3O[C@H](CN4CCC[C@H]4CO)[C@H](C)[C@H](c4ccc(CO)cc4)O3)c2)c1. The number of benzene rings is 3. The van der Waals surface area contributed by atoms with E-state index in [1.807, 2.05) is 48.5 Å². The molecule has 0 radical (unpaired) electrons. The van der Waals surface area contributed by atoms with E-state index in [-0.39, 0.29) is 43.3 Å². The van der Waals surface area contributed by atoms with Gasteiger partial charge in [-0.1, -0.05) is 67.6 Å². The Hall–Kier alpha value is -3.07. The summed E-state index contributed by atoms with van der Waals surface area (Å²) in [5.74, 6) is 0.0346. The van der Waals surface area contributed by atoms with Gasteiger partial charge in [0.25, 0.3) is 0 Å². The zero-order valence-corrected chi connectivity index (χ0v) is 23.3. The molecule has 2 fully saturated rings. The number of carbonyl (C=O) groups excluding carboxylic acids is 1. The Kier molecular flexibility index (Phi) is 9.29. The fraction of sp³-hybridized carbons (Fsp3) is 0.424. The van der Waals surface area contributed by atoms with Gasteiger partial charge < -0.3 is 25.0 Å². The second-order valence-corrected chi connectivity index (χ2v) is 11.0. The van der Waals surface area contributed by atoms with Gasteiger partial charge in [0, 0.05) is 37.5 Å². The van der Waals surface area contributed by atoms with Crippen LogP contribution in [0.3, 0.4) is 0 Å². The number of likely N-dealkylation sites (tertiary alicyclic amines) is 1. The summed E-state index contributed by atoms with van der Waals surface area (Å²) in [5.41, 5.74) is 6.02. The quantitative estimate of drug-likeness (QED) is 0.361. The Morgan fingerprint density at radius 2 is 1.70 bits per heavy atom. The van der Waals surface area contributed by atoms with Crippen LogP contribution in [0.15, 0.2) is 72.8 Å². The molecule has 212 valence electrons. The number of aliphatic hydroxyl groups excluding tert-OH is 2. The summed E-state index contributed by atoms with van der Waals surface area (Å²) in [6.45, 7) is 6.05. The lowest BCUT2D eigenvalue weighted by molar-refractivity contribution is -0.276. The van der Waals surface area contributed by atoms with Crippen molar-refractivity contribution in [2.24, 2.45) is 5.92 Å². The van der Waals surface area contributed by atoms with Crippen LogP contribution in [0.5, 0.6) is 0 Å². The molecular formula is C33H40N2O5. The highest BCUT2D eigenvalue weighted by atomic mass is 16.7. The molecule has 2 heterocycles. The molecule has 5 rings (SSSR count). The highest BCUT2D eigenvalue weighted by molar-refractivity contribution is 5.73. The fourth-order valence-electron chi connectivity index (χ4n) is 5.85. The Morgan fingerprint density at radius 1 is 0.950 bits per heavy atom. The van der Waals surface area contributed by atoms with Crippen LogP contribution in [-0.4, -0.2) is 52.9 Å². The number of ether oxygens (including phenoxy) is 2. The van der Waals surface area contributed by atoms with Crippen LogP contribution in [0.4, 0.5) is 0 Å². The third-order valence-electron chi connectivity index (χ3n) is 8.21. The molecule has 2 aliphatic heterocycles. The smallest absolute Gasteiger partial charge is 0.217 e. The average molecular weight is 545 g/mol. The van der Waals surface area contributed by atoms with Crippen LogP contribution >= 0.6 is 0 Å². The first-order chi connectivity index (χ1) is 19.4. The van der Waals surface area contributed by atoms with Crippen molar-refractivity contribution in [1.82, 2.24) is 10.2 Å². The van der Waals surface area contributed by atoms with Gasteiger partial charge >= 0.3 is 0 Å². The normalized spacial score (nSPS) is 25.1. The predicted molar refractivity (Wildman–Crippen MR) is 154 cm³/mol. The van der Waals surface area contributed by atoms with E-state index in [1.54, 1.807) is 0 Å². The minimum absolute atomic E-state index is 0.00599. The Labute approximate surface area is 236 Å². The number of nitrogens with one attached hydrogen (secondary N) is 1. The molecule has 40 heavy (non-hydrogen) atoms. The Morgan fingerprint density at radius 3 is 2.42 bits per heavy atom. The number of hydrogen-bond donors (Lipinski definition) is 3. The highest BCUT2D eigenvalue weighted by Crippen LogP contribution is 2.42. The second kappa shape index (κ2) is 13.1. The van der Waals surface area contributed by atoms with E-state index in [0.29, 0.717) is 6.54 Å². The van der Waals surface area contributed by atoms with E-state index in [1.165, 1.54) is 6.92 Å². The lowest BCUT2D eigenvalue weighted by Crippen LogP contribution is -2.46. The molecule has 3 N–H and O–H groups in total. The number of carbonyl (C=O) groups is 1. The zero-order chi connectivity index (χ0) is 28.1. The largest absolute Gasteiger partial charge is 0.395 e. The molecule has 3 aromatic rings. The summed E-state index contributed by atoms with van der Waals surface area (Å²) in [6, 6.07) is 24.6. The molecule has 0 unspecified atom stereocenters. The van der Waals surface area contributed by atoms with Crippen LogP contribution in [0.1, 0.15) is 61.3 Å². The maximum absolute atomic E-state index is 11.4. The van der Waals surface area contributed by atoms with Gasteiger partial charge in [-0.05, 0) is 59.3 Å². The van der Waals surface area contributed by atoms with E-state index in [2.05, 4.69) is 41.4 Å². The van der Waals surface area contributed by atoms with Crippen molar-refractivity contribution < 1.29 is 24.5 Å². The number of nitrogens with zero attached hydrogens (tertiary/aromatic N) is 1. The Bertz CT molecular complexity index is 1280. The van der Waals surface area contributed by atoms with E-state index in [9.17, 15) is 15.0 Å². The summed E-state index contributed by atoms with van der Waals surface area (Å²) < 4.78 is 13.4. The van der Waals surface area contributed by atoms with Crippen LogP contribution in [0, 0.1) is 5.92 Å². The van der Waals surface area contributed by atoms with Crippen molar-refractivity contribution in [1.29, 1.82) is 0 Å². The van der Waals surface area contributed by atoms with Crippen molar-refractivity contribution in [3.8, 4) is 11.1 Å². The molecule has 0 aromatic heterocycles. The van der Waals surface area contributed by atoms with Crippen molar-refractivity contribution in [2.45, 2.75) is 64.4 Å². The maximum Gasteiger partial charge on any atom is 0.217 e. The molecule has 0 bridgehead atoms. The van der Waals surface area contributed by atoms with E-state index in [0.717, 1.165) is 59.3 Å². The third-order valence-corrected chi connectivity index (χ3v) is 8.21.